The molecule has 0 aliphatic carbocycles. The number of esters is 2. The highest BCUT2D eigenvalue weighted by atomic mass is 35.5. The quantitative estimate of drug-likeness (QED) is 0.725. The molecule has 0 fully saturated rings. The van der Waals surface area contributed by atoms with Gasteiger partial charge in [0.05, 0.1) is 0 Å². The first kappa shape index (κ1) is 15.2. The minimum atomic E-state index is -1.23. The van der Waals surface area contributed by atoms with E-state index in [1.54, 1.807) is 0 Å². The zero-order chi connectivity index (χ0) is 15.0. The predicted molar refractivity (Wildman–Crippen MR) is 68.9 cm³/mol. The maximum absolute atomic E-state index is 11.6. The van der Waals surface area contributed by atoms with Gasteiger partial charge in [0.15, 0.2) is 0 Å². The van der Waals surface area contributed by atoms with Crippen LogP contribution in [0.2, 0.25) is 0 Å². The van der Waals surface area contributed by atoms with Crippen LogP contribution in [0.15, 0.2) is 20.1 Å². The summed E-state index contributed by atoms with van der Waals surface area (Å²) in [6.45, 7) is 0. The highest BCUT2D eigenvalue weighted by molar-refractivity contribution is 6.49. The molecule has 0 saturated carbocycles. The summed E-state index contributed by atoms with van der Waals surface area (Å²) in [6, 6.07) is -0.866. The normalized spacial score (nSPS) is 25.8. The van der Waals surface area contributed by atoms with E-state index in [-0.39, 0.29) is 20.1 Å². The van der Waals surface area contributed by atoms with Gasteiger partial charge in [0.25, 0.3) is 0 Å². The molecule has 0 spiro atoms. The second kappa shape index (κ2) is 5.69. The highest BCUT2D eigenvalue weighted by Crippen LogP contribution is 2.28. The standard InChI is InChI=1S/C9H4Cl4N2O5/c10-1-3(12)7(16)19-5(1)14-9(18)15-6-2(11)4(13)8(17)20-6/h5-6H,(H2,14,15,18)/t5-,6-/m1/s1. The van der Waals surface area contributed by atoms with E-state index in [1.807, 2.05) is 0 Å². The van der Waals surface area contributed by atoms with E-state index < -0.39 is 30.4 Å². The van der Waals surface area contributed by atoms with Gasteiger partial charge >= 0.3 is 18.0 Å². The van der Waals surface area contributed by atoms with Crippen molar-refractivity contribution < 1.29 is 23.9 Å². The summed E-state index contributed by atoms with van der Waals surface area (Å²) in [6.07, 6.45) is -2.46. The lowest BCUT2D eigenvalue weighted by Gasteiger charge is -2.16. The molecule has 11 heteroatoms. The van der Waals surface area contributed by atoms with Gasteiger partial charge in [0.1, 0.15) is 20.1 Å². The summed E-state index contributed by atoms with van der Waals surface area (Å²) in [5.74, 6) is -1.73. The topological polar surface area (TPSA) is 93.7 Å². The fraction of sp³-hybridized carbons (Fsp3) is 0.222. The minimum Gasteiger partial charge on any atom is -0.432 e. The number of ether oxygens (including phenoxy) is 2. The summed E-state index contributed by atoms with van der Waals surface area (Å²) in [5, 5.41) is 3.37. The second-order valence-electron chi connectivity index (χ2n) is 3.51. The van der Waals surface area contributed by atoms with Crippen molar-refractivity contribution in [2.45, 2.75) is 12.5 Å². The van der Waals surface area contributed by atoms with Gasteiger partial charge in [-0.05, 0) is 0 Å². The molecule has 2 heterocycles. The van der Waals surface area contributed by atoms with E-state index in [2.05, 4.69) is 20.1 Å². The van der Waals surface area contributed by atoms with Gasteiger partial charge in [-0.25, -0.2) is 14.4 Å². The van der Waals surface area contributed by atoms with Crippen LogP contribution in [-0.2, 0) is 19.1 Å². The molecule has 0 unspecified atom stereocenters. The number of hydrogen-bond acceptors (Lipinski definition) is 5. The monoisotopic (exact) mass is 360 g/mol. The van der Waals surface area contributed by atoms with Gasteiger partial charge in [-0.3, -0.25) is 10.6 Å². The van der Waals surface area contributed by atoms with Crippen LogP contribution in [-0.4, -0.2) is 30.4 Å². The molecule has 2 aliphatic heterocycles. The molecule has 20 heavy (non-hydrogen) atoms. The third kappa shape index (κ3) is 2.80. The van der Waals surface area contributed by atoms with Crippen molar-refractivity contribution in [3.05, 3.63) is 20.1 Å². The Bertz CT molecular complexity index is 525. The summed E-state index contributed by atoms with van der Waals surface area (Å²) < 4.78 is 9.32. The SMILES string of the molecule is O=C(N[C@@H]1OC(=O)C(Cl)=C1Cl)N[C@@H]1OC(=O)C(Cl)=C1Cl. The first-order valence-corrected chi connectivity index (χ1v) is 6.41. The lowest BCUT2D eigenvalue weighted by molar-refractivity contribution is -0.139. The van der Waals surface area contributed by atoms with E-state index in [0.717, 1.165) is 0 Å². The Labute approximate surface area is 131 Å². The molecule has 0 aromatic rings. The Morgan fingerprint density at radius 1 is 0.850 bits per heavy atom. The van der Waals surface area contributed by atoms with E-state index in [1.165, 1.54) is 0 Å². The van der Waals surface area contributed by atoms with Gasteiger partial charge in [0.2, 0.25) is 12.5 Å². The number of carbonyl (C=O) groups is 3. The van der Waals surface area contributed by atoms with Crippen LogP contribution in [0.3, 0.4) is 0 Å². The van der Waals surface area contributed by atoms with Crippen molar-refractivity contribution in [3.63, 3.8) is 0 Å². The van der Waals surface area contributed by atoms with Crippen LogP contribution in [0.5, 0.6) is 0 Å². The van der Waals surface area contributed by atoms with Gasteiger partial charge in [-0.15, -0.1) is 0 Å². The molecular weight excluding hydrogens is 358 g/mol. The van der Waals surface area contributed by atoms with E-state index in [0.29, 0.717) is 0 Å². The molecule has 7 nitrogen and oxygen atoms in total. The lowest BCUT2D eigenvalue weighted by atomic mass is 10.4. The maximum atomic E-state index is 11.6. The molecule has 2 amide bonds. The van der Waals surface area contributed by atoms with Crippen molar-refractivity contribution in [2.75, 3.05) is 0 Å². The van der Waals surface area contributed by atoms with Crippen LogP contribution < -0.4 is 10.6 Å². The molecule has 2 N–H and O–H groups in total. The van der Waals surface area contributed by atoms with Gasteiger partial charge in [0, 0.05) is 0 Å². The van der Waals surface area contributed by atoms with Crippen LogP contribution in [0.1, 0.15) is 0 Å². The number of carbonyl (C=O) groups excluding carboxylic acids is 3. The Kier molecular flexibility index (Phi) is 4.33. The van der Waals surface area contributed by atoms with Gasteiger partial charge in [-0.2, -0.15) is 0 Å². The molecule has 2 atom stereocenters. The van der Waals surface area contributed by atoms with Crippen molar-refractivity contribution in [3.8, 4) is 0 Å². The zero-order valence-corrected chi connectivity index (χ0v) is 12.2. The van der Waals surface area contributed by atoms with E-state index in [9.17, 15) is 14.4 Å². The van der Waals surface area contributed by atoms with Crippen LogP contribution in [0.25, 0.3) is 0 Å². The van der Waals surface area contributed by atoms with Crippen molar-refractivity contribution >= 4 is 64.4 Å². The average Bonchev–Trinajstić information content (AvgIpc) is 2.76. The number of rotatable bonds is 2. The Hall–Kier alpha value is -1.15. The number of cyclic esters (lactones) is 2. The smallest absolute Gasteiger partial charge is 0.353 e. The summed E-state index contributed by atoms with van der Waals surface area (Å²) in [7, 11) is 0. The van der Waals surface area contributed by atoms with Crippen LogP contribution >= 0.6 is 46.4 Å². The van der Waals surface area contributed by atoms with Crippen LogP contribution in [0.4, 0.5) is 4.79 Å². The van der Waals surface area contributed by atoms with Crippen molar-refractivity contribution in [1.82, 2.24) is 10.6 Å². The molecule has 0 radical (unpaired) electrons. The zero-order valence-electron chi connectivity index (χ0n) is 9.21. The fourth-order valence-electron chi connectivity index (χ4n) is 1.31. The van der Waals surface area contributed by atoms with E-state index >= 15 is 0 Å². The third-order valence-electron chi connectivity index (χ3n) is 2.21. The van der Waals surface area contributed by atoms with E-state index in [4.69, 9.17) is 46.4 Å². The molecule has 0 aromatic heterocycles. The summed E-state index contributed by atoms with van der Waals surface area (Å²) in [4.78, 5) is 33.8. The molecule has 0 saturated heterocycles. The number of amides is 2. The molecule has 108 valence electrons. The predicted octanol–water partition coefficient (Wildman–Crippen LogP) is 1.43. The number of hydrogen-bond donors (Lipinski definition) is 2. The maximum Gasteiger partial charge on any atom is 0.353 e. The molecule has 2 rings (SSSR count). The fourth-order valence-corrected chi connectivity index (χ4v) is 1.95. The van der Waals surface area contributed by atoms with Crippen molar-refractivity contribution in [1.29, 1.82) is 0 Å². The summed E-state index contributed by atoms with van der Waals surface area (Å²) >= 11 is 22.4. The summed E-state index contributed by atoms with van der Waals surface area (Å²) in [5.41, 5.74) is 0. The molecule has 0 bridgehead atoms. The Morgan fingerprint density at radius 2 is 1.20 bits per heavy atom. The van der Waals surface area contributed by atoms with Gasteiger partial charge in [-0.1, -0.05) is 46.4 Å². The van der Waals surface area contributed by atoms with Gasteiger partial charge < -0.3 is 9.47 Å². The highest BCUT2D eigenvalue weighted by Gasteiger charge is 2.36. The number of nitrogens with one attached hydrogen (secondary N) is 2. The Balaban J connectivity index is 1.95. The molecule has 2 aliphatic rings. The van der Waals surface area contributed by atoms with Crippen LogP contribution in [0, 0.1) is 0 Å². The second-order valence-corrected chi connectivity index (χ2v) is 5.08. The molecular formula is C9H4Cl4N2O5. The first-order chi connectivity index (χ1) is 9.31. The Morgan fingerprint density at radius 3 is 1.45 bits per heavy atom. The minimum absolute atomic E-state index is 0.171. The number of urea groups is 1. The third-order valence-corrected chi connectivity index (χ3v) is 3.90. The van der Waals surface area contributed by atoms with Crippen molar-refractivity contribution in [2.24, 2.45) is 0 Å². The largest absolute Gasteiger partial charge is 0.432 e. The lowest BCUT2D eigenvalue weighted by Crippen LogP contribution is -2.47. The average molecular weight is 362 g/mol. The molecule has 0 aromatic carbocycles. The first-order valence-electron chi connectivity index (χ1n) is 4.90. The number of halogens is 4.